The molecule has 1 aliphatic heterocycles. The summed E-state index contributed by atoms with van der Waals surface area (Å²) in [5.41, 5.74) is -0.00109. The second-order valence-electron chi connectivity index (χ2n) is 6.29. The van der Waals surface area contributed by atoms with Gasteiger partial charge in [0.05, 0.1) is 6.54 Å². The topological polar surface area (TPSA) is 63.7 Å². The van der Waals surface area contributed by atoms with Gasteiger partial charge in [0, 0.05) is 32.5 Å². The Kier molecular flexibility index (Phi) is 5.37. The van der Waals surface area contributed by atoms with Crippen molar-refractivity contribution in [2.45, 2.75) is 12.0 Å². The number of carbonyl (C=O) groups is 1. The Labute approximate surface area is 151 Å². The number of rotatable bonds is 6. The number of halogens is 1. The van der Waals surface area contributed by atoms with Crippen molar-refractivity contribution in [3.05, 3.63) is 54.0 Å². The fourth-order valence-electron chi connectivity index (χ4n) is 2.99. The SMILES string of the molecule is CNc1cc(C(=O)N2CCC(COc3ccc(F)cc3)(OC)C2)ccn1. The molecule has 3 rings (SSSR count). The highest BCUT2D eigenvalue weighted by molar-refractivity contribution is 5.95. The summed E-state index contributed by atoms with van der Waals surface area (Å²) in [6.07, 6.45) is 2.27. The lowest BCUT2D eigenvalue weighted by atomic mass is 10.0. The Balaban J connectivity index is 1.65. The molecule has 1 aromatic carbocycles. The van der Waals surface area contributed by atoms with Crippen LogP contribution in [0.25, 0.3) is 0 Å². The zero-order valence-electron chi connectivity index (χ0n) is 14.9. The third-order valence-corrected chi connectivity index (χ3v) is 4.62. The average molecular weight is 359 g/mol. The van der Waals surface area contributed by atoms with Crippen LogP contribution in [0.5, 0.6) is 5.75 Å². The Morgan fingerprint density at radius 3 is 2.81 bits per heavy atom. The third kappa shape index (κ3) is 3.94. The Morgan fingerprint density at radius 2 is 2.12 bits per heavy atom. The van der Waals surface area contributed by atoms with Gasteiger partial charge in [-0.2, -0.15) is 0 Å². The van der Waals surface area contributed by atoms with E-state index in [-0.39, 0.29) is 18.3 Å². The van der Waals surface area contributed by atoms with Crippen LogP contribution in [0.1, 0.15) is 16.8 Å². The second-order valence-corrected chi connectivity index (χ2v) is 6.29. The molecule has 1 aromatic heterocycles. The average Bonchev–Trinajstić information content (AvgIpc) is 3.12. The molecule has 6 nitrogen and oxygen atoms in total. The molecule has 1 N–H and O–H groups in total. The molecule has 26 heavy (non-hydrogen) atoms. The minimum Gasteiger partial charge on any atom is -0.491 e. The maximum atomic E-state index is 13.0. The summed E-state index contributed by atoms with van der Waals surface area (Å²) >= 11 is 0. The van der Waals surface area contributed by atoms with Gasteiger partial charge in [-0.3, -0.25) is 4.79 Å². The molecule has 138 valence electrons. The van der Waals surface area contributed by atoms with Crippen LogP contribution < -0.4 is 10.1 Å². The van der Waals surface area contributed by atoms with Crippen molar-refractivity contribution in [2.24, 2.45) is 0 Å². The van der Waals surface area contributed by atoms with E-state index in [9.17, 15) is 9.18 Å². The van der Waals surface area contributed by atoms with E-state index in [0.29, 0.717) is 36.6 Å². The van der Waals surface area contributed by atoms with Crippen LogP contribution in [-0.4, -0.2) is 55.2 Å². The quantitative estimate of drug-likeness (QED) is 0.859. The van der Waals surface area contributed by atoms with Crippen molar-refractivity contribution in [1.29, 1.82) is 0 Å². The zero-order valence-corrected chi connectivity index (χ0v) is 14.9. The second kappa shape index (κ2) is 7.70. The number of nitrogens with one attached hydrogen (secondary N) is 1. The number of aromatic nitrogens is 1. The number of hydrogen-bond acceptors (Lipinski definition) is 5. The number of amides is 1. The number of likely N-dealkylation sites (tertiary alicyclic amines) is 1. The van der Waals surface area contributed by atoms with E-state index < -0.39 is 5.60 Å². The molecule has 0 spiro atoms. The molecule has 2 aromatic rings. The van der Waals surface area contributed by atoms with Gasteiger partial charge < -0.3 is 19.7 Å². The Hall–Kier alpha value is -2.67. The lowest BCUT2D eigenvalue weighted by molar-refractivity contribution is -0.0342. The summed E-state index contributed by atoms with van der Waals surface area (Å²) in [6, 6.07) is 9.28. The third-order valence-electron chi connectivity index (χ3n) is 4.62. The largest absolute Gasteiger partial charge is 0.491 e. The summed E-state index contributed by atoms with van der Waals surface area (Å²) < 4.78 is 24.4. The molecule has 1 fully saturated rings. The number of ether oxygens (including phenoxy) is 2. The van der Waals surface area contributed by atoms with Crippen molar-refractivity contribution >= 4 is 11.7 Å². The number of benzene rings is 1. The van der Waals surface area contributed by atoms with Gasteiger partial charge in [-0.15, -0.1) is 0 Å². The molecule has 1 atom stereocenters. The first kappa shape index (κ1) is 18.1. The van der Waals surface area contributed by atoms with Crippen molar-refractivity contribution in [3.63, 3.8) is 0 Å². The zero-order chi connectivity index (χ0) is 18.6. The minimum atomic E-state index is -0.580. The summed E-state index contributed by atoms with van der Waals surface area (Å²) in [6.45, 7) is 1.30. The molecule has 1 aliphatic rings. The van der Waals surface area contributed by atoms with Crippen LogP contribution in [-0.2, 0) is 4.74 Å². The van der Waals surface area contributed by atoms with E-state index in [1.165, 1.54) is 12.1 Å². The Morgan fingerprint density at radius 1 is 1.35 bits per heavy atom. The molecule has 1 saturated heterocycles. The lowest BCUT2D eigenvalue weighted by Gasteiger charge is -2.28. The molecule has 1 unspecified atom stereocenters. The highest BCUT2D eigenvalue weighted by Crippen LogP contribution is 2.28. The number of hydrogen-bond donors (Lipinski definition) is 1. The van der Waals surface area contributed by atoms with Gasteiger partial charge >= 0.3 is 0 Å². The molecule has 7 heteroatoms. The predicted octanol–water partition coefficient (Wildman–Crippen LogP) is 2.57. The van der Waals surface area contributed by atoms with Crippen LogP contribution in [0.3, 0.4) is 0 Å². The van der Waals surface area contributed by atoms with E-state index in [1.807, 2.05) is 0 Å². The molecular formula is C19H22FN3O3. The van der Waals surface area contributed by atoms with Crippen LogP contribution in [0.15, 0.2) is 42.6 Å². The smallest absolute Gasteiger partial charge is 0.254 e. The summed E-state index contributed by atoms with van der Waals surface area (Å²) in [5, 5.41) is 2.93. The number of anilines is 1. The van der Waals surface area contributed by atoms with Crippen molar-refractivity contribution < 1.29 is 18.7 Å². The van der Waals surface area contributed by atoms with Gasteiger partial charge in [-0.05, 0) is 42.8 Å². The first-order valence-electron chi connectivity index (χ1n) is 8.42. The Bertz CT molecular complexity index is 769. The van der Waals surface area contributed by atoms with Crippen LogP contribution in [0.2, 0.25) is 0 Å². The van der Waals surface area contributed by atoms with Crippen molar-refractivity contribution in [3.8, 4) is 5.75 Å². The molecule has 0 radical (unpaired) electrons. The van der Waals surface area contributed by atoms with Gasteiger partial charge in [0.25, 0.3) is 5.91 Å². The molecule has 0 bridgehead atoms. The van der Waals surface area contributed by atoms with Gasteiger partial charge in [-0.1, -0.05) is 0 Å². The molecule has 0 saturated carbocycles. The highest BCUT2D eigenvalue weighted by atomic mass is 19.1. The van der Waals surface area contributed by atoms with E-state index >= 15 is 0 Å². The number of carbonyl (C=O) groups excluding carboxylic acids is 1. The molecular weight excluding hydrogens is 337 g/mol. The fraction of sp³-hybridized carbons (Fsp3) is 0.368. The summed E-state index contributed by atoms with van der Waals surface area (Å²) in [4.78, 5) is 18.6. The van der Waals surface area contributed by atoms with Crippen LogP contribution in [0.4, 0.5) is 10.2 Å². The van der Waals surface area contributed by atoms with E-state index in [4.69, 9.17) is 9.47 Å². The first-order chi connectivity index (χ1) is 12.5. The molecule has 0 aliphatic carbocycles. The summed E-state index contributed by atoms with van der Waals surface area (Å²) in [5.74, 6) is 0.840. The summed E-state index contributed by atoms with van der Waals surface area (Å²) in [7, 11) is 3.38. The molecule has 1 amide bonds. The van der Waals surface area contributed by atoms with E-state index in [1.54, 1.807) is 49.5 Å². The number of pyridine rings is 1. The number of methoxy groups -OCH3 is 1. The van der Waals surface area contributed by atoms with Crippen LogP contribution >= 0.6 is 0 Å². The highest BCUT2D eigenvalue weighted by Gasteiger charge is 2.41. The maximum Gasteiger partial charge on any atom is 0.254 e. The van der Waals surface area contributed by atoms with Crippen LogP contribution in [0, 0.1) is 5.82 Å². The van der Waals surface area contributed by atoms with Gasteiger partial charge in [-0.25, -0.2) is 9.37 Å². The maximum absolute atomic E-state index is 13.0. The van der Waals surface area contributed by atoms with Crippen molar-refractivity contribution in [1.82, 2.24) is 9.88 Å². The predicted molar refractivity (Wildman–Crippen MR) is 95.9 cm³/mol. The lowest BCUT2D eigenvalue weighted by Crippen LogP contribution is -2.42. The first-order valence-corrected chi connectivity index (χ1v) is 8.42. The van der Waals surface area contributed by atoms with E-state index in [0.717, 1.165) is 0 Å². The van der Waals surface area contributed by atoms with Crippen molar-refractivity contribution in [2.75, 3.05) is 39.2 Å². The van der Waals surface area contributed by atoms with Gasteiger partial charge in [0.2, 0.25) is 0 Å². The molecule has 2 heterocycles. The minimum absolute atomic E-state index is 0.0652. The fourth-order valence-corrected chi connectivity index (χ4v) is 2.99. The number of nitrogens with zero attached hydrogens (tertiary/aromatic N) is 2. The monoisotopic (exact) mass is 359 g/mol. The van der Waals surface area contributed by atoms with Gasteiger partial charge in [0.15, 0.2) is 0 Å². The standard InChI is InChI=1S/C19H22FN3O3/c1-21-17-11-14(7-9-22-17)18(24)23-10-8-19(12-23,25-2)13-26-16-5-3-15(20)4-6-16/h3-7,9,11H,8,10,12-13H2,1-2H3,(H,21,22). The normalized spacial score (nSPS) is 19.4. The van der Waals surface area contributed by atoms with Gasteiger partial charge in [0.1, 0.15) is 29.6 Å². The van der Waals surface area contributed by atoms with E-state index in [2.05, 4.69) is 10.3 Å².